The summed E-state index contributed by atoms with van der Waals surface area (Å²) in [5.41, 5.74) is 1.71. The molecule has 0 bridgehead atoms. The second kappa shape index (κ2) is 5.47. The van der Waals surface area contributed by atoms with E-state index in [0.29, 0.717) is 11.7 Å². The lowest BCUT2D eigenvalue weighted by atomic mass is 10.2. The van der Waals surface area contributed by atoms with Crippen LogP contribution < -0.4 is 5.32 Å². The zero-order valence-electron chi connectivity index (χ0n) is 8.75. The number of aromatic nitrogens is 1. The van der Waals surface area contributed by atoms with Gasteiger partial charge in [0.1, 0.15) is 5.82 Å². The first kappa shape index (κ1) is 12.3. The van der Waals surface area contributed by atoms with Gasteiger partial charge in [-0.25, -0.2) is 9.37 Å². The molecule has 17 heavy (non-hydrogen) atoms. The third-order valence-electron chi connectivity index (χ3n) is 2.24. The van der Waals surface area contributed by atoms with Crippen LogP contribution >= 0.6 is 27.5 Å². The molecule has 0 aliphatic carbocycles. The summed E-state index contributed by atoms with van der Waals surface area (Å²) in [7, 11) is 0. The molecule has 5 heteroatoms. The largest absolute Gasteiger partial charge is 0.378 e. The number of pyridine rings is 1. The van der Waals surface area contributed by atoms with Gasteiger partial charge in [0.05, 0.1) is 5.69 Å². The second-order valence-corrected chi connectivity index (χ2v) is 4.64. The van der Waals surface area contributed by atoms with E-state index in [0.717, 1.165) is 15.7 Å². The van der Waals surface area contributed by atoms with Crippen molar-refractivity contribution in [1.29, 1.82) is 0 Å². The Labute approximate surface area is 112 Å². The molecule has 0 unspecified atom stereocenters. The third-order valence-corrected chi connectivity index (χ3v) is 3.28. The summed E-state index contributed by atoms with van der Waals surface area (Å²) in [6.45, 7) is 0.548. The smallest absolute Gasteiger partial charge is 0.152 e. The van der Waals surface area contributed by atoms with Crippen molar-refractivity contribution >= 4 is 33.2 Å². The fraction of sp³-hybridized carbons (Fsp3) is 0.0833. The van der Waals surface area contributed by atoms with Crippen LogP contribution in [-0.4, -0.2) is 4.98 Å². The Morgan fingerprint density at radius 3 is 2.88 bits per heavy atom. The molecule has 0 saturated heterocycles. The molecule has 0 spiro atoms. The number of halogens is 3. The predicted molar refractivity (Wildman–Crippen MR) is 70.7 cm³/mol. The monoisotopic (exact) mass is 314 g/mol. The maximum Gasteiger partial charge on any atom is 0.152 e. The highest BCUT2D eigenvalue weighted by atomic mass is 79.9. The van der Waals surface area contributed by atoms with Crippen molar-refractivity contribution in [3.8, 4) is 0 Å². The molecule has 2 rings (SSSR count). The maximum absolute atomic E-state index is 12.9. The zero-order chi connectivity index (χ0) is 12.3. The molecule has 1 heterocycles. The normalized spacial score (nSPS) is 10.3. The highest BCUT2D eigenvalue weighted by molar-refractivity contribution is 9.10. The molecule has 0 atom stereocenters. The van der Waals surface area contributed by atoms with E-state index in [1.165, 1.54) is 12.1 Å². The van der Waals surface area contributed by atoms with E-state index in [2.05, 4.69) is 26.2 Å². The fourth-order valence-corrected chi connectivity index (χ4v) is 2.05. The van der Waals surface area contributed by atoms with Gasteiger partial charge >= 0.3 is 0 Å². The summed E-state index contributed by atoms with van der Waals surface area (Å²) in [6, 6.07) is 8.21. The Hall–Kier alpha value is -1.13. The number of rotatable bonds is 3. The van der Waals surface area contributed by atoms with Crippen LogP contribution in [0.25, 0.3) is 0 Å². The first-order valence-electron chi connectivity index (χ1n) is 4.95. The van der Waals surface area contributed by atoms with Crippen molar-refractivity contribution in [3.63, 3.8) is 0 Å². The van der Waals surface area contributed by atoms with Gasteiger partial charge in [-0.1, -0.05) is 33.6 Å². The Bertz CT molecular complexity index is 534. The van der Waals surface area contributed by atoms with E-state index >= 15 is 0 Å². The number of anilines is 1. The lowest BCUT2D eigenvalue weighted by Crippen LogP contribution is -2.01. The molecule has 0 aliphatic heterocycles. The molecule has 88 valence electrons. The SMILES string of the molecule is Fc1ccc(CNc2cccnc2Cl)c(Br)c1. The summed E-state index contributed by atoms with van der Waals surface area (Å²) < 4.78 is 13.6. The van der Waals surface area contributed by atoms with E-state index < -0.39 is 0 Å². The average molecular weight is 316 g/mol. The van der Waals surface area contributed by atoms with Crippen LogP contribution in [0, 0.1) is 5.82 Å². The molecule has 1 aromatic heterocycles. The second-order valence-electron chi connectivity index (χ2n) is 3.43. The summed E-state index contributed by atoms with van der Waals surface area (Å²) in [5, 5.41) is 3.56. The molecule has 1 N–H and O–H groups in total. The summed E-state index contributed by atoms with van der Waals surface area (Å²) in [6.07, 6.45) is 1.63. The third kappa shape index (κ3) is 3.17. The van der Waals surface area contributed by atoms with Crippen LogP contribution in [0.2, 0.25) is 5.15 Å². The fourth-order valence-electron chi connectivity index (χ4n) is 1.37. The van der Waals surface area contributed by atoms with Crippen LogP contribution in [0.15, 0.2) is 41.0 Å². The standard InChI is InChI=1S/C12H9BrClFN2/c13-10-6-9(15)4-3-8(10)7-17-11-2-1-5-16-12(11)14/h1-6,17H,7H2. The van der Waals surface area contributed by atoms with Gasteiger partial charge in [0.2, 0.25) is 0 Å². The first-order valence-corrected chi connectivity index (χ1v) is 6.12. The zero-order valence-corrected chi connectivity index (χ0v) is 11.1. The number of hydrogen-bond donors (Lipinski definition) is 1. The van der Waals surface area contributed by atoms with Crippen molar-refractivity contribution in [1.82, 2.24) is 4.98 Å². The molecular formula is C12H9BrClFN2. The Kier molecular flexibility index (Phi) is 3.97. The summed E-state index contributed by atoms with van der Waals surface area (Å²) >= 11 is 9.22. The van der Waals surface area contributed by atoms with Gasteiger partial charge in [0.25, 0.3) is 0 Å². The van der Waals surface area contributed by atoms with Gasteiger partial charge in [-0.05, 0) is 29.8 Å². The number of hydrogen-bond acceptors (Lipinski definition) is 2. The van der Waals surface area contributed by atoms with Crippen molar-refractivity contribution in [2.24, 2.45) is 0 Å². The predicted octanol–water partition coefficient (Wildman–Crippen LogP) is 4.25. The lowest BCUT2D eigenvalue weighted by Gasteiger charge is -2.09. The van der Waals surface area contributed by atoms with E-state index in [1.807, 2.05) is 6.07 Å². The van der Waals surface area contributed by atoms with Crippen LogP contribution in [0.4, 0.5) is 10.1 Å². The van der Waals surface area contributed by atoms with Crippen LogP contribution in [0.3, 0.4) is 0 Å². The van der Waals surface area contributed by atoms with Crippen LogP contribution in [0.1, 0.15) is 5.56 Å². The average Bonchev–Trinajstić information content (AvgIpc) is 2.30. The van der Waals surface area contributed by atoms with Gasteiger partial charge in [0.15, 0.2) is 5.15 Å². The van der Waals surface area contributed by atoms with Crippen molar-refractivity contribution < 1.29 is 4.39 Å². The molecule has 0 fully saturated rings. The Morgan fingerprint density at radius 1 is 1.35 bits per heavy atom. The minimum atomic E-state index is -0.264. The van der Waals surface area contributed by atoms with E-state index in [1.54, 1.807) is 18.3 Å². The topological polar surface area (TPSA) is 24.9 Å². The lowest BCUT2D eigenvalue weighted by molar-refractivity contribution is 0.626. The van der Waals surface area contributed by atoms with E-state index in [9.17, 15) is 4.39 Å². The van der Waals surface area contributed by atoms with Gasteiger partial charge in [0, 0.05) is 17.2 Å². The Balaban J connectivity index is 2.10. The molecule has 0 amide bonds. The maximum atomic E-state index is 12.9. The quantitative estimate of drug-likeness (QED) is 0.857. The van der Waals surface area contributed by atoms with Crippen LogP contribution in [-0.2, 0) is 6.54 Å². The molecule has 2 aromatic rings. The summed E-state index contributed by atoms with van der Waals surface area (Å²) in [4.78, 5) is 3.96. The van der Waals surface area contributed by atoms with E-state index in [4.69, 9.17) is 11.6 Å². The first-order chi connectivity index (χ1) is 8.16. The van der Waals surface area contributed by atoms with Crippen molar-refractivity contribution in [2.75, 3.05) is 5.32 Å². The number of benzene rings is 1. The summed E-state index contributed by atoms with van der Waals surface area (Å²) in [5.74, 6) is -0.264. The number of nitrogens with zero attached hydrogens (tertiary/aromatic N) is 1. The molecule has 1 aromatic carbocycles. The molecule has 0 saturated carbocycles. The van der Waals surface area contributed by atoms with Gasteiger partial charge < -0.3 is 5.32 Å². The van der Waals surface area contributed by atoms with Crippen molar-refractivity contribution in [2.45, 2.75) is 6.54 Å². The molecule has 0 aliphatic rings. The van der Waals surface area contributed by atoms with Gasteiger partial charge in [-0.2, -0.15) is 0 Å². The Morgan fingerprint density at radius 2 is 2.18 bits per heavy atom. The molecule has 2 nitrogen and oxygen atoms in total. The molecule has 0 radical (unpaired) electrons. The molecular weight excluding hydrogens is 307 g/mol. The van der Waals surface area contributed by atoms with E-state index in [-0.39, 0.29) is 5.82 Å². The number of nitrogens with one attached hydrogen (secondary N) is 1. The van der Waals surface area contributed by atoms with Gasteiger partial charge in [-0.15, -0.1) is 0 Å². The minimum absolute atomic E-state index is 0.264. The van der Waals surface area contributed by atoms with Crippen molar-refractivity contribution in [3.05, 3.63) is 57.5 Å². The van der Waals surface area contributed by atoms with Crippen LogP contribution in [0.5, 0.6) is 0 Å². The minimum Gasteiger partial charge on any atom is -0.378 e. The highest BCUT2D eigenvalue weighted by Gasteiger charge is 2.03. The highest BCUT2D eigenvalue weighted by Crippen LogP contribution is 2.22. The van der Waals surface area contributed by atoms with Gasteiger partial charge in [-0.3, -0.25) is 0 Å².